The molecule has 2 N–H and O–H groups in total. The lowest BCUT2D eigenvalue weighted by atomic mass is 10.0. The molecule has 1 heterocycles. The summed E-state index contributed by atoms with van der Waals surface area (Å²) in [5, 5.41) is 0. The number of methoxy groups -OCH3 is 1. The Morgan fingerprint density at radius 2 is 2.28 bits per heavy atom. The van der Waals surface area contributed by atoms with Crippen molar-refractivity contribution in [3.05, 3.63) is 47.8 Å². The second-order valence-corrected chi connectivity index (χ2v) is 3.90. The van der Waals surface area contributed by atoms with Crippen molar-refractivity contribution < 1.29 is 9.13 Å². The number of benzene rings is 1. The minimum absolute atomic E-state index is 0.334. The van der Waals surface area contributed by atoms with E-state index >= 15 is 0 Å². The third kappa shape index (κ3) is 2.09. The van der Waals surface area contributed by atoms with E-state index in [-0.39, 0.29) is 5.82 Å². The van der Waals surface area contributed by atoms with E-state index in [2.05, 4.69) is 4.98 Å². The smallest absolute Gasteiger partial charge is 0.132 e. The van der Waals surface area contributed by atoms with E-state index in [9.17, 15) is 4.39 Å². The molecule has 2 aromatic rings. The summed E-state index contributed by atoms with van der Waals surface area (Å²) in [4.78, 5) is 4.20. The van der Waals surface area contributed by atoms with Gasteiger partial charge in [-0.05, 0) is 19.1 Å². The molecule has 2 rings (SSSR count). The first-order valence-corrected chi connectivity index (χ1v) is 5.78. The first kappa shape index (κ1) is 12.6. The fourth-order valence-corrected chi connectivity index (χ4v) is 1.99. The summed E-state index contributed by atoms with van der Waals surface area (Å²) in [6, 6.07) is 4.02. The molecule has 0 radical (unpaired) electrons. The van der Waals surface area contributed by atoms with E-state index in [1.165, 1.54) is 13.2 Å². The molecule has 0 saturated heterocycles. The Hall–Kier alpha value is -1.88. The van der Waals surface area contributed by atoms with Crippen LogP contribution in [0.1, 0.15) is 24.4 Å². The van der Waals surface area contributed by atoms with Crippen LogP contribution in [0.5, 0.6) is 5.75 Å². The second-order valence-electron chi connectivity index (χ2n) is 3.90. The first-order chi connectivity index (χ1) is 8.69. The molecular formula is C13H16FN3O. The van der Waals surface area contributed by atoms with Gasteiger partial charge in [0.15, 0.2) is 0 Å². The van der Waals surface area contributed by atoms with Crippen molar-refractivity contribution >= 4 is 0 Å². The summed E-state index contributed by atoms with van der Waals surface area (Å²) in [6.45, 7) is 2.72. The zero-order valence-corrected chi connectivity index (χ0v) is 10.4. The molecule has 0 aliphatic rings. The van der Waals surface area contributed by atoms with Crippen LogP contribution in [0.3, 0.4) is 0 Å². The Morgan fingerprint density at radius 3 is 2.94 bits per heavy atom. The lowest BCUT2D eigenvalue weighted by Crippen LogP contribution is -2.19. The Kier molecular flexibility index (Phi) is 3.62. The topological polar surface area (TPSA) is 53.1 Å². The third-order valence-corrected chi connectivity index (χ3v) is 2.91. The van der Waals surface area contributed by atoms with E-state index in [1.54, 1.807) is 18.3 Å². The highest BCUT2D eigenvalue weighted by Crippen LogP contribution is 2.29. The minimum atomic E-state index is -0.643. The van der Waals surface area contributed by atoms with Gasteiger partial charge in [0.1, 0.15) is 17.4 Å². The van der Waals surface area contributed by atoms with Gasteiger partial charge >= 0.3 is 0 Å². The van der Waals surface area contributed by atoms with Gasteiger partial charge in [0.2, 0.25) is 0 Å². The predicted octanol–water partition coefficient (Wildman–Crippen LogP) is 2.10. The fourth-order valence-electron chi connectivity index (χ4n) is 1.99. The monoisotopic (exact) mass is 249 g/mol. The van der Waals surface area contributed by atoms with Crippen LogP contribution in [-0.4, -0.2) is 16.7 Å². The van der Waals surface area contributed by atoms with Gasteiger partial charge in [-0.1, -0.05) is 6.07 Å². The van der Waals surface area contributed by atoms with E-state index in [4.69, 9.17) is 10.5 Å². The maximum Gasteiger partial charge on any atom is 0.132 e. The third-order valence-electron chi connectivity index (χ3n) is 2.91. The van der Waals surface area contributed by atoms with Gasteiger partial charge in [-0.3, -0.25) is 0 Å². The van der Waals surface area contributed by atoms with Crippen molar-refractivity contribution in [3.63, 3.8) is 0 Å². The summed E-state index contributed by atoms with van der Waals surface area (Å²) in [5.41, 5.74) is 6.45. The molecule has 5 heteroatoms. The lowest BCUT2D eigenvalue weighted by molar-refractivity contribution is 0.400. The van der Waals surface area contributed by atoms with Crippen LogP contribution in [0.15, 0.2) is 30.6 Å². The average molecular weight is 249 g/mol. The van der Waals surface area contributed by atoms with Crippen LogP contribution in [0, 0.1) is 5.82 Å². The summed E-state index contributed by atoms with van der Waals surface area (Å²) in [5.74, 6) is 0.682. The van der Waals surface area contributed by atoms with Crippen LogP contribution in [0.4, 0.5) is 4.39 Å². The molecule has 1 atom stereocenters. The van der Waals surface area contributed by atoms with Gasteiger partial charge in [0, 0.05) is 18.9 Å². The first-order valence-electron chi connectivity index (χ1n) is 5.78. The number of halogens is 1. The second kappa shape index (κ2) is 5.18. The number of nitrogens with zero attached hydrogens (tertiary/aromatic N) is 2. The largest absolute Gasteiger partial charge is 0.496 e. The highest BCUT2D eigenvalue weighted by Gasteiger charge is 2.21. The van der Waals surface area contributed by atoms with Crippen molar-refractivity contribution in [1.29, 1.82) is 0 Å². The fraction of sp³-hybridized carbons (Fsp3) is 0.308. The van der Waals surface area contributed by atoms with Gasteiger partial charge in [-0.15, -0.1) is 0 Å². The van der Waals surface area contributed by atoms with Crippen LogP contribution >= 0.6 is 0 Å². The number of ether oxygens (including phenoxy) is 1. The molecule has 0 aliphatic heterocycles. The number of aryl methyl sites for hydroxylation is 1. The summed E-state index contributed by atoms with van der Waals surface area (Å²) < 4.78 is 21.0. The summed E-state index contributed by atoms with van der Waals surface area (Å²) in [7, 11) is 1.50. The highest BCUT2D eigenvalue weighted by atomic mass is 19.1. The van der Waals surface area contributed by atoms with Crippen molar-refractivity contribution in [2.24, 2.45) is 5.73 Å². The Bertz CT molecular complexity index is 539. The lowest BCUT2D eigenvalue weighted by Gasteiger charge is -2.17. The van der Waals surface area contributed by atoms with E-state index in [1.807, 2.05) is 17.7 Å². The van der Waals surface area contributed by atoms with Crippen LogP contribution in [0.25, 0.3) is 0 Å². The molecule has 0 saturated carbocycles. The number of nitrogens with two attached hydrogens (primary N) is 1. The highest BCUT2D eigenvalue weighted by molar-refractivity contribution is 5.39. The number of hydrogen-bond donors (Lipinski definition) is 1. The molecule has 1 aromatic carbocycles. The Morgan fingerprint density at radius 1 is 1.50 bits per heavy atom. The minimum Gasteiger partial charge on any atom is -0.496 e. The van der Waals surface area contributed by atoms with Gasteiger partial charge in [0.25, 0.3) is 0 Å². The molecule has 0 fully saturated rings. The number of imidazole rings is 1. The van der Waals surface area contributed by atoms with Gasteiger partial charge < -0.3 is 15.0 Å². The summed E-state index contributed by atoms with van der Waals surface area (Å²) >= 11 is 0. The van der Waals surface area contributed by atoms with Crippen molar-refractivity contribution in [2.75, 3.05) is 7.11 Å². The molecule has 96 valence electrons. The van der Waals surface area contributed by atoms with Crippen LogP contribution < -0.4 is 10.5 Å². The van der Waals surface area contributed by atoms with Gasteiger partial charge in [0.05, 0.1) is 18.7 Å². The Labute approximate surface area is 105 Å². The zero-order valence-electron chi connectivity index (χ0n) is 10.4. The molecule has 0 bridgehead atoms. The molecule has 18 heavy (non-hydrogen) atoms. The molecular weight excluding hydrogens is 233 g/mol. The molecule has 1 aromatic heterocycles. The van der Waals surface area contributed by atoms with Crippen molar-refractivity contribution in [1.82, 2.24) is 9.55 Å². The molecule has 1 unspecified atom stereocenters. The molecule has 0 aliphatic carbocycles. The standard InChI is InChI=1S/C13H16FN3O/c1-3-17-8-7-16-13(17)12(15)11-9(14)5-4-6-10(11)18-2/h4-8,12H,3,15H2,1-2H3. The Balaban J connectivity index is 2.49. The maximum absolute atomic E-state index is 13.9. The van der Waals surface area contributed by atoms with E-state index < -0.39 is 6.04 Å². The van der Waals surface area contributed by atoms with E-state index in [0.717, 1.165) is 6.54 Å². The number of rotatable bonds is 4. The van der Waals surface area contributed by atoms with Gasteiger partial charge in [-0.25, -0.2) is 9.37 Å². The SMILES string of the molecule is CCn1ccnc1C(N)c1c(F)cccc1OC. The zero-order chi connectivity index (χ0) is 13.1. The normalized spacial score (nSPS) is 12.4. The average Bonchev–Trinajstić information content (AvgIpc) is 2.85. The van der Waals surface area contributed by atoms with Crippen molar-refractivity contribution in [3.8, 4) is 5.75 Å². The van der Waals surface area contributed by atoms with Gasteiger partial charge in [-0.2, -0.15) is 0 Å². The predicted molar refractivity (Wildman–Crippen MR) is 66.9 cm³/mol. The van der Waals surface area contributed by atoms with Crippen LogP contribution in [0.2, 0.25) is 0 Å². The van der Waals surface area contributed by atoms with Crippen LogP contribution in [-0.2, 0) is 6.54 Å². The maximum atomic E-state index is 13.9. The van der Waals surface area contributed by atoms with E-state index in [0.29, 0.717) is 17.1 Å². The van der Waals surface area contributed by atoms with Crippen molar-refractivity contribution in [2.45, 2.75) is 19.5 Å². The molecule has 0 spiro atoms. The molecule has 0 amide bonds. The number of hydrogen-bond acceptors (Lipinski definition) is 3. The summed E-state index contributed by atoms with van der Waals surface area (Å²) in [6.07, 6.45) is 3.48. The quantitative estimate of drug-likeness (QED) is 0.902. The number of aromatic nitrogens is 2. The molecule has 4 nitrogen and oxygen atoms in total.